The Labute approximate surface area is 202 Å². The highest BCUT2D eigenvalue weighted by Gasteiger charge is 2.32. The SMILES string of the molecule is Cc1ccn(-c2ccc(C(=O)N3C[C@@H](C)N(C(=O)NCC(N)=O)Cc4ccccc43)c(Cl)c2)n1. The first-order valence-corrected chi connectivity index (χ1v) is 11.2. The van der Waals surface area contributed by atoms with Crippen molar-refractivity contribution in [3.63, 3.8) is 0 Å². The molecule has 176 valence electrons. The minimum Gasteiger partial charge on any atom is -0.368 e. The van der Waals surface area contributed by atoms with E-state index < -0.39 is 11.9 Å². The number of para-hydroxylation sites is 1. The normalized spacial score (nSPS) is 15.4. The quantitative estimate of drug-likeness (QED) is 0.597. The number of benzene rings is 2. The van der Waals surface area contributed by atoms with Crippen molar-refractivity contribution in [1.82, 2.24) is 20.0 Å². The third kappa shape index (κ3) is 4.74. The Kier molecular flexibility index (Phi) is 6.56. The molecule has 0 saturated heterocycles. The van der Waals surface area contributed by atoms with Crippen molar-refractivity contribution in [1.29, 1.82) is 0 Å². The molecular formula is C24H25ClN6O3. The number of primary amides is 1. The lowest BCUT2D eigenvalue weighted by atomic mass is 10.1. The molecule has 0 radical (unpaired) electrons. The van der Waals surface area contributed by atoms with Crippen molar-refractivity contribution in [2.45, 2.75) is 26.4 Å². The van der Waals surface area contributed by atoms with Gasteiger partial charge in [-0.05, 0) is 49.7 Å². The van der Waals surface area contributed by atoms with Crippen molar-refractivity contribution in [3.8, 4) is 5.69 Å². The number of anilines is 1. The predicted molar refractivity (Wildman–Crippen MR) is 129 cm³/mol. The van der Waals surface area contributed by atoms with E-state index in [0.717, 1.165) is 16.9 Å². The molecule has 34 heavy (non-hydrogen) atoms. The molecule has 2 heterocycles. The number of rotatable bonds is 4. The summed E-state index contributed by atoms with van der Waals surface area (Å²) in [5.74, 6) is -0.900. The van der Waals surface area contributed by atoms with Gasteiger partial charge >= 0.3 is 6.03 Å². The summed E-state index contributed by atoms with van der Waals surface area (Å²) in [6.07, 6.45) is 1.83. The standard InChI is InChI=1S/C24H25ClN6O3/c1-15-9-10-31(28-15)18-7-8-19(20(25)11-18)23(33)30-13-16(2)29(24(34)27-12-22(26)32)14-17-5-3-4-6-21(17)30/h3-11,16H,12-14H2,1-2H3,(H2,26,32)(H,27,34)/t16-/m1/s1. The van der Waals surface area contributed by atoms with Gasteiger partial charge in [-0.25, -0.2) is 9.48 Å². The van der Waals surface area contributed by atoms with Gasteiger partial charge in [0.05, 0.1) is 28.5 Å². The zero-order valence-electron chi connectivity index (χ0n) is 18.9. The lowest BCUT2D eigenvalue weighted by Gasteiger charge is -2.29. The molecule has 0 bridgehead atoms. The minimum absolute atomic E-state index is 0.246. The van der Waals surface area contributed by atoms with Gasteiger partial charge in [-0.15, -0.1) is 0 Å². The number of urea groups is 1. The van der Waals surface area contributed by atoms with Crippen molar-refractivity contribution < 1.29 is 14.4 Å². The number of aryl methyl sites for hydroxylation is 1. The first-order valence-electron chi connectivity index (χ1n) is 10.8. The lowest BCUT2D eigenvalue weighted by Crippen LogP contribution is -2.49. The number of amides is 4. The first-order chi connectivity index (χ1) is 16.2. The molecule has 3 N–H and O–H groups in total. The van der Waals surface area contributed by atoms with Crippen LogP contribution in [0.1, 0.15) is 28.5 Å². The summed E-state index contributed by atoms with van der Waals surface area (Å²) < 4.78 is 1.70. The van der Waals surface area contributed by atoms with Gasteiger partial charge in [-0.1, -0.05) is 29.8 Å². The predicted octanol–water partition coefficient (Wildman–Crippen LogP) is 2.88. The Morgan fingerprint density at radius 3 is 2.62 bits per heavy atom. The first kappa shape index (κ1) is 23.3. The number of hydrogen-bond donors (Lipinski definition) is 2. The maximum absolute atomic E-state index is 13.7. The van der Waals surface area contributed by atoms with Crippen LogP contribution < -0.4 is 16.0 Å². The van der Waals surface area contributed by atoms with E-state index in [9.17, 15) is 14.4 Å². The van der Waals surface area contributed by atoms with Crippen LogP contribution >= 0.6 is 11.6 Å². The minimum atomic E-state index is -0.628. The van der Waals surface area contributed by atoms with E-state index in [0.29, 0.717) is 16.3 Å². The maximum atomic E-state index is 13.7. The van der Waals surface area contributed by atoms with Crippen molar-refractivity contribution in [2.75, 3.05) is 18.0 Å². The van der Waals surface area contributed by atoms with Gasteiger partial charge in [-0.3, -0.25) is 9.59 Å². The Hall–Kier alpha value is -3.85. The molecule has 9 nitrogen and oxygen atoms in total. The molecule has 10 heteroatoms. The van der Waals surface area contributed by atoms with E-state index in [2.05, 4.69) is 10.4 Å². The summed E-state index contributed by atoms with van der Waals surface area (Å²) in [4.78, 5) is 40.7. The van der Waals surface area contributed by atoms with Gasteiger partial charge in [0.25, 0.3) is 5.91 Å². The van der Waals surface area contributed by atoms with Crippen LogP contribution in [0.15, 0.2) is 54.7 Å². The molecule has 1 atom stereocenters. The summed E-state index contributed by atoms with van der Waals surface area (Å²) >= 11 is 6.55. The highest BCUT2D eigenvalue weighted by molar-refractivity contribution is 6.34. The molecule has 4 amide bonds. The molecule has 0 saturated carbocycles. The number of nitrogens with one attached hydrogen (secondary N) is 1. The fourth-order valence-corrected chi connectivity index (χ4v) is 4.22. The van der Waals surface area contributed by atoms with Gasteiger partial charge in [0, 0.05) is 31.0 Å². The molecule has 0 spiro atoms. The summed E-state index contributed by atoms with van der Waals surface area (Å²) in [7, 11) is 0. The van der Waals surface area contributed by atoms with Gasteiger partial charge in [0.15, 0.2) is 0 Å². The Balaban J connectivity index is 1.64. The Morgan fingerprint density at radius 2 is 1.94 bits per heavy atom. The zero-order chi connectivity index (χ0) is 24.4. The number of fused-ring (bicyclic) bond motifs is 1. The van der Waals surface area contributed by atoms with Crippen molar-refractivity contribution in [2.24, 2.45) is 5.73 Å². The largest absolute Gasteiger partial charge is 0.368 e. The van der Waals surface area contributed by atoms with Gasteiger partial charge in [-0.2, -0.15) is 5.10 Å². The molecule has 4 rings (SSSR count). The second-order valence-electron chi connectivity index (χ2n) is 8.21. The Morgan fingerprint density at radius 1 is 1.18 bits per heavy atom. The van der Waals surface area contributed by atoms with E-state index in [1.165, 1.54) is 0 Å². The highest BCUT2D eigenvalue weighted by Crippen LogP contribution is 2.30. The topological polar surface area (TPSA) is 114 Å². The van der Waals surface area contributed by atoms with Crippen LogP contribution in [0.3, 0.4) is 0 Å². The van der Waals surface area contributed by atoms with Crippen LogP contribution in [0.2, 0.25) is 5.02 Å². The second-order valence-corrected chi connectivity index (χ2v) is 8.62. The zero-order valence-corrected chi connectivity index (χ0v) is 19.6. The number of aromatic nitrogens is 2. The number of carbonyl (C=O) groups excluding carboxylic acids is 3. The third-order valence-electron chi connectivity index (χ3n) is 5.69. The number of nitrogens with zero attached hydrogens (tertiary/aromatic N) is 4. The molecule has 0 unspecified atom stereocenters. The molecule has 2 aromatic carbocycles. The van der Waals surface area contributed by atoms with Gasteiger partial charge in [0.2, 0.25) is 5.91 Å². The number of hydrogen-bond acceptors (Lipinski definition) is 4. The van der Waals surface area contributed by atoms with Crippen LogP contribution in [0.4, 0.5) is 10.5 Å². The molecule has 0 aliphatic carbocycles. The molecule has 0 fully saturated rings. The summed E-state index contributed by atoms with van der Waals surface area (Å²) in [5, 5.41) is 7.22. The summed E-state index contributed by atoms with van der Waals surface area (Å²) in [6.45, 7) is 4.00. The van der Waals surface area contributed by atoms with E-state index in [-0.39, 0.29) is 31.6 Å². The average molecular weight is 481 g/mol. The van der Waals surface area contributed by atoms with Crippen LogP contribution in [0.25, 0.3) is 5.69 Å². The van der Waals surface area contributed by atoms with Gasteiger partial charge in [0.1, 0.15) is 0 Å². The van der Waals surface area contributed by atoms with Crippen LogP contribution in [0, 0.1) is 6.92 Å². The summed E-state index contributed by atoms with van der Waals surface area (Å²) in [5.41, 5.74) is 8.63. The number of halogens is 1. The third-order valence-corrected chi connectivity index (χ3v) is 6.00. The van der Waals surface area contributed by atoms with Crippen molar-refractivity contribution in [3.05, 3.63) is 76.6 Å². The maximum Gasteiger partial charge on any atom is 0.318 e. The molecule has 3 aromatic rings. The molecular weight excluding hydrogens is 456 g/mol. The van der Waals surface area contributed by atoms with E-state index in [1.54, 1.807) is 32.7 Å². The second kappa shape index (κ2) is 9.56. The van der Waals surface area contributed by atoms with Crippen LogP contribution in [0.5, 0.6) is 0 Å². The van der Waals surface area contributed by atoms with Crippen LogP contribution in [-0.4, -0.2) is 51.7 Å². The van der Waals surface area contributed by atoms with E-state index in [1.807, 2.05) is 50.4 Å². The van der Waals surface area contributed by atoms with Crippen LogP contribution in [-0.2, 0) is 11.3 Å². The van der Waals surface area contributed by atoms with E-state index in [4.69, 9.17) is 17.3 Å². The highest BCUT2D eigenvalue weighted by atomic mass is 35.5. The number of nitrogens with two attached hydrogens (primary N) is 1. The fraction of sp³-hybridized carbons (Fsp3) is 0.250. The molecule has 1 aliphatic rings. The summed E-state index contributed by atoms with van der Waals surface area (Å²) in [6, 6.07) is 13.7. The molecule has 1 aliphatic heterocycles. The monoisotopic (exact) mass is 480 g/mol. The van der Waals surface area contributed by atoms with Crippen molar-refractivity contribution >= 4 is 35.1 Å². The lowest BCUT2D eigenvalue weighted by molar-refractivity contribution is -0.117. The smallest absolute Gasteiger partial charge is 0.318 e. The average Bonchev–Trinajstić information content (AvgIpc) is 3.18. The van der Waals surface area contributed by atoms with Gasteiger partial charge < -0.3 is 20.9 Å². The fourth-order valence-electron chi connectivity index (χ4n) is 3.96. The molecule has 1 aromatic heterocycles. The Bertz CT molecular complexity index is 1260. The number of carbonyl (C=O) groups is 3. The van der Waals surface area contributed by atoms with E-state index >= 15 is 0 Å².